The molecular weight excluding hydrogens is 216 g/mol. The van der Waals surface area contributed by atoms with Gasteiger partial charge >= 0.3 is 0 Å². The van der Waals surface area contributed by atoms with Crippen LogP contribution in [0.4, 0.5) is 5.69 Å². The Balaban J connectivity index is 1.93. The number of fused-ring (bicyclic) bond motifs is 1. The average molecular weight is 230 g/mol. The molecule has 0 spiro atoms. The number of rotatable bonds is 2. The van der Waals surface area contributed by atoms with Gasteiger partial charge in [-0.3, -0.25) is 14.5 Å². The maximum absolute atomic E-state index is 12.1. The number of nitrogens with zero attached hydrogens (tertiary/aromatic N) is 1. The molecule has 1 aromatic carbocycles. The van der Waals surface area contributed by atoms with Crippen LogP contribution in [0.15, 0.2) is 18.2 Å². The second kappa shape index (κ2) is 3.58. The minimum atomic E-state index is -0.227. The largest absolute Gasteiger partial charge is 0.398 e. The number of anilines is 1. The van der Waals surface area contributed by atoms with Crippen molar-refractivity contribution in [3.63, 3.8) is 0 Å². The van der Waals surface area contributed by atoms with Gasteiger partial charge in [0.1, 0.15) is 0 Å². The number of carbonyl (C=O) groups is 2. The molecule has 1 heterocycles. The van der Waals surface area contributed by atoms with Crippen molar-refractivity contribution in [3.05, 3.63) is 29.3 Å². The van der Waals surface area contributed by atoms with Crippen LogP contribution in [0.3, 0.4) is 0 Å². The van der Waals surface area contributed by atoms with Crippen molar-refractivity contribution < 1.29 is 9.59 Å². The molecule has 0 saturated heterocycles. The highest BCUT2D eigenvalue weighted by atomic mass is 16.2. The van der Waals surface area contributed by atoms with E-state index in [-0.39, 0.29) is 11.8 Å². The van der Waals surface area contributed by atoms with Gasteiger partial charge in [-0.15, -0.1) is 0 Å². The first kappa shape index (κ1) is 10.3. The number of carbonyl (C=O) groups excluding carboxylic acids is 2. The van der Waals surface area contributed by atoms with Crippen molar-refractivity contribution in [3.8, 4) is 0 Å². The van der Waals surface area contributed by atoms with E-state index in [2.05, 4.69) is 0 Å². The van der Waals surface area contributed by atoms with Gasteiger partial charge in [-0.2, -0.15) is 0 Å². The molecule has 4 heteroatoms. The molecule has 4 nitrogen and oxygen atoms in total. The molecule has 88 valence electrons. The van der Waals surface area contributed by atoms with Crippen LogP contribution in [0.25, 0.3) is 0 Å². The number of nitrogen functional groups attached to an aromatic ring is 1. The lowest BCUT2D eigenvalue weighted by Crippen LogP contribution is -2.36. The molecule has 2 aliphatic rings. The van der Waals surface area contributed by atoms with Crippen LogP contribution >= 0.6 is 0 Å². The van der Waals surface area contributed by atoms with Crippen LogP contribution in [0.2, 0.25) is 0 Å². The molecule has 17 heavy (non-hydrogen) atoms. The Morgan fingerprint density at radius 1 is 1.24 bits per heavy atom. The Kier molecular flexibility index (Phi) is 2.18. The third-order valence-electron chi connectivity index (χ3n) is 3.70. The Labute approximate surface area is 99.4 Å². The SMILES string of the molecule is Nc1cccc2c1C(=O)N(CC1CCC1)C2=O. The van der Waals surface area contributed by atoms with E-state index in [9.17, 15) is 9.59 Å². The Morgan fingerprint density at radius 3 is 2.59 bits per heavy atom. The smallest absolute Gasteiger partial charge is 0.263 e. The van der Waals surface area contributed by atoms with E-state index < -0.39 is 0 Å². The first-order valence-corrected chi connectivity index (χ1v) is 5.93. The molecule has 1 fully saturated rings. The van der Waals surface area contributed by atoms with E-state index in [0.717, 1.165) is 12.8 Å². The molecule has 0 atom stereocenters. The number of imide groups is 1. The van der Waals surface area contributed by atoms with Gasteiger partial charge in [-0.25, -0.2) is 0 Å². The van der Waals surface area contributed by atoms with Gasteiger partial charge in [0.25, 0.3) is 11.8 Å². The fraction of sp³-hybridized carbons (Fsp3) is 0.385. The van der Waals surface area contributed by atoms with Crippen molar-refractivity contribution in [2.75, 3.05) is 12.3 Å². The third kappa shape index (κ3) is 1.44. The Morgan fingerprint density at radius 2 is 2.00 bits per heavy atom. The van der Waals surface area contributed by atoms with Crippen LogP contribution in [-0.4, -0.2) is 23.3 Å². The zero-order valence-corrected chi connectivity index (χ0v) is 9.48. The minimum absolute atomic E-state index is 0.191. The molecule has 0 unspecified atom stereocenters. The highest BCUT2D eigenvalue weighted by Crippen LogP contribution is 2.32. The lowest BCUT2D eigenvalue weighted by molar-refractivity contribution is 0.0601. The summed E-state index contributed by atoms with van der Waals surface area (Å²) in [5.74, 6) is 0.0673. The summed E-state index contributed by atoms with van der Waals surface area (Å²) in [4.78, 5) is 25.6. The quantitative estimate of drug-likeness (QED) is 0.621. The van der Waals surface area contributed by atoms with Gasteiger partial charge in [-0.05, 0) is 30.9 Å². The average Bonchev–Trinajstić information content (AvgIpc) is 2.48. The molecule has 1 saturated carbocycles. The van der Waals surface area contributed by atoms with Crippen LogP contribution in [0.5, 0.6) is 0 Å². The number of amides is 2. The topological polar surface area (TPSA) is 63.4 Å². The minimum Gasteiger partial charge on any atom is -0.398 e. The highest BCUT2D eigenvalue weighted by molar-refractivity contribution is 6.23. The summed E-state index contributed by atoms with van der Waals surface area (Å²) in [5.41, 5.74) is 7.00. The summed E-state index contributed by atoms with van der Waals surface area (Å²) >= 11 is 0. The van der Waals surface area contributed by atoms with Gasteiger partial charge in [-0.1, -0.05) is 12.5 Å². The second-order valence-electron chi connectivity index (χ2n) is 4.79. The molecule has 1 aliphatic carbocycles. The first-order chi connectivity index (χ1) is 8.18. The lowest BCUT2D eigenvalue weighted by atomic mass is 9.85. The van der Waals surface area contributed by atoms with Gasteiger partial charge < -0.3 is 5.73 Å². The van der Waals surface area contributed by atoms with Gasteiger partial charge in [0.15, 0.2) is 0 Å². The fourth-order valence-electron chi connectivity index (χ4n) is 2.46. The maximum atomic E-state index is 12.1. The van der Waals surface area contributed by atoms with Crippen LogP contribution in [0, 0.1) is 5.92 Å². The molecule has 0 aromatic heterocycles. The summed E-state index contributed by atoms with van der Waals surface area (Å²) in [6, 6.07) is 5.05. The zero-order chi connectivity index (χ0) is 12.0. The van der Waals surface area contributed by atoms with Crippen molar-refractivity contribution in [2.45, 2.75) is 19.3 Å². The molecule has 1 aromatic rings. The van der Waals surface area contributed by atoms with Crippen LogP contribution in [-0.2, 0) is 0 Å². The molecule has 0 radical (unpaired) electrons. The summed E-state index contributed by atoms with van der Waals surface area (Å²) < 4.78 is 0. The molecule has 0 bridgehead atoms. The Hall–Kier alpha value is -1.84. The van der Waals surface area contributed by atoms with Crippen LogP contribution < -0.4 is 5.73 Å². The summed E-state index contributed by atoms with van der Waals surface area (Å²) in [5, 5.41) is 0. The molecule has 2 N–H and O–H groups in total. The number of hydrogen-bond donors (Lipinski definition) is 1. The predicted molar refractivity (Wildman–Crippen MR) is 63.6 cm³/mol. The van der Waals surface area contributed by atoms with E-state index in [4.69, 9.17) is 5.73 Å². The van der Waals surface area contributed by atoms with Gasteiger partial charge in [0, 0.05) is 12.2 Å². The second-order valence-corrected chi connectivity index (χ2v) is 4.79. The normalized spacial score (nSPS) is 19.4. The molecule has 3 rings (SSSR count). The highest BCUT2D eigenvalue weighted by Gasteiger charge is 2.38. The summed E-state index contributed by atoms with van der Waals surface area (Å²) in [6.45, 7) is 0.547. The van der Waals surface area contributed by atoms with E-state index >= 15 is 0 Å². The standard InChI is InChI=1S/C13H14N2O2/c14-10-6-2-5-9-11(10)13(17)15(12(9)16)7-8-3-1-4-8/h2,5-6,8H,1,3-4,7,14H2. The van der Waals surface area contributed by atoms with Crippen molar-refractivity contribution in [2.24, 2.45) is 5.92 Å². The van der Waals surface area contributed by atoms with Gasteiger partial charge in [0.2, 0.25) is 0 Å². The van der Waals surface area contributed by atoms with E-state index in [1.165, 1.54) is 11.3 Å². The number of hydrogen-bond acceptors (Lipinski definition) is 3. The van der Waals surface area contributed by atoms with Crippen molar-refractivity contribution in [1.29, 1.82) is 0 Å². The summed E-state index contributed by atoms with van der Waals surface area (Å²) in [6.07, 6.45) is 3.43. The van der Waals surface area contributed by atoms with Crippen molar-refractivity contribution in [1.82, 2.24) is 4.90 Å². The number of nitrogens with two attached hydrogens (primary N) is 1. The zero-order valence-electron chi connectivity index (χ0n) is 9.48. The van der Waals surface area contributed by atoms with E-state index in [0.29, 0.717) is 29.3 Å². The predicted octanol–water partition coefficient (Wildman–Crippen LogP) is 1.66. The molecule has 2 amide bonds. The van der Waals surface area contributed by atoms with Gasteiger partial charge in [0.05, 0.1) is 11.1 Å². The summed E-state index contributed by atoms with van der Waals surface area (Å²) in [7, 11) is 0. The molecule has 1 aliphatic heterocycles. The van der Waals surface area contributed by atoms with Crippen molar-refractivity contribution >= 4 is 17.5 Å². The fourth-order valence-corrected chi connectivity index (χ4v) is 2.46. The third-order valence-corrected chi connectivity index (χ3v) is 3.70. The monoisotopic (exact) mass is 230 g/mol. The van der Waals surface area contributed by atoms with E-state index in [1.807, 2.05) is 0 Å². The number of benzene rings is 1. The Bertz CT molecular complexity index is 506. The van der Waals surface area contributed by atoms with Crippen LogP contribution in [0.1, 0.15) is 40.0 Å². The first-order valence-electron chi connectivity index (χ1n) is 5.93. The maximum Gasteiger partial charge on any atom is 0.263 e. The molecular formula is C13H14N2O2. The lowest BCUT2D eigenvalue weighted by Gasteiger charge is -2.28. The van der Waals surface area contributed by atoms with E-state index in [1.54, 1.807) is 18.2 Å².